The highest BCUT2D eigenvalue weighted by Crippen LogP contribution is 2.31. The fourth-order valence-corrected chi connectivity index (χ4v) is 2.88. The van der Waals surface area contributed by atoms with Crippen molar-refractivity contribution in [3.63, 3.8) is 0 Å². The molecule has 0 heterocycles. The van der Waals surface area contributed by atoms with E-state index in [-0.39, 0.29) is 19.0 Å². The maximum Gasteiger partial charge on any atom is 0.330 e. The number of rotatable bonds is 6. The fraction of sp³-hybridized carbons (Fsp3) is 0.0870. The molecule has 1 N–H and O–H groups in total. The summed E-state index contributed by atoms with van der Waals surface area (Å²) in [5.41, 5.74) is 4.00. The van der Waals surface area contributed by atoms with E-state index in [1.54, 1.807) is 24.3 Å². The molecule has 0 saturated carbocycles. The topological polar surface area (TPSA) is 46.5 Å². The first-order chi connectivity index (χ1) is 13.1. The van der Waals surface area contributed by atoms with E-state index in [1.807, 2.05) is 36.4 Å². The molecule has 3 nitrogen and oxygen atoms in total. The van der Waals surface area contributed by atoms with Crippen LogP contribution in [-0.4, -0.2) is 11.1 Å². The van der Waals surface area contributed by atoms with E-state index in [2.05, 4.69) is 6.58 Å². The van der Waals surface area contributed by atoms with Gasteiger partial charge in [-0.3, -0.25) is 0 Å². The largest absolute Gasteiger partial charge is 0.458 e. The van der Waals surface area contributed by atoms with Crippen molar-refractivity contribution in [2.75, 3.05) is 0 Å². The number of esters is 1. The molecule has 0 spiro atoms. The smallest absolute Gasteiger partial charge is 0.330 e. The summed E-state index contributed by atoms with van der Waals surface area (Å²) < 4.78 is 20.0. The molecule has 27 heavy (non-hydrogen) atoms. The molecule has 0 radical (unpaired) electrons. The highest BCUT2D eigenvalue weighted by atomic mass is 19.1. The van der Waals surface area contributed by atoms with Crippen LogP contribution in [-0.2, 0) is 22.7 Å². The zero-order valence-corrected chi connectivity index (χ0v) is 14.7. The molecular weight excluding hydrogens is 343 g/mol. The van der Waals surface area contributed by atoms with E-state index in [1.165, 1.54) is 6.07 Å². The predicted octanol–water partition coefficient (Wildman–Crippen LogP) is 4.88. The standard InChI is InChI=1S/C23H19FO3/c1-2-23(26)27-15-19-12-16(14-25)8-10-20(19)21-11-9-18(13-22(21)24)17-6-4-3-5-7-17/h2-13,25H,1,14-15H2. The molecule has 0 aliphatic rings. The van der Waals surface area contributed by atoms with Gasteiger partial charge in [0.15, 0.2) is 0 Å². The van der Waals surface area contributed by atoms with Crippen molar-refractivity contribution in [2.24, 2.45) is 0 Å². The zero-order valence-electron chi connectivity index (χ0n) is 14.7. The maximum absolute atomic E-state index is 14.9. The van der Waals surface area contributed by atoms with Crippen LogP contribution < -0.4 is 0 Å². The Morgan fingerprint density at radius 3 is 2.41 bits per heavy atom. The molecule has 4 heteroatoms. The van der Waals surface area contributed by atoms with Gasteiger partial charge in [-0.25, -0.2) is 9.18 Å². The normalized spacial score (nSPS) is 10.4. The van der Waals surface area contributed by atoms with Gasteiger partial charge in [-0.05, 0) is 39.9 Å². The van der Waals surface area contributed by atoms with Crippen LogP contribution in [0.25, 0.3) is 22.3 Å². The second-order valence-corrected chi connectivity index (χ2v) is 6.02. The summed E-state index contributed by atoms with van der Waals surface area (Å²) in [5.74, 6) is -0.931. The van der Waals surface area contributed by atoms with Crippen LogP contribution in [0.5, 0.6) is 0 Å². The Morgan fingerprint density at radius 1 is 1.00 bits per heavy atom. The molecule has 0 unspecified atom stereocenters. The molecule has 0 amide bonds. The van der Waals surface area contributed by atoms with Crippen molar-refractivity contribution in [3.05, 3.63) is 96.3 Å². The first-order valence-electron chi connectivity index (χ1n) is 8.49. The Bertz CT molecular complexity index is 965. The van der Waals surface area contributed by atoms with Gasteiger partial charge in [0.25, 0.3) is 0 Å². The Balaban J connectivity index is 1.99. The molecule has 136 valence electrons. The Morgan fingerprint density at radius 2 is 1.74 bits per heavy atom. The van der Waals surface area contributed by atoms with Crippen molar-refractivity contribution >= 4 is 5.97 Å². The van der Waals surface area contributed by atoms with Gasteiger partial charge in [0.05, 0.1) is 6.61 Å². The van der Waals surface area contributed by atoms with Crippen LogP contribution >= 0.6 is 0 Å². The number of aliphatic hydroxyl groups is 1. The quantitative estimate of drug-likeness (QED) is 0.502. The van der Waals surface area contributed by atoms with Crippen LogP contribution in [0.1, 0.15) is 11.1 Å². The number of carbonyl (C=O) groups excluding carboxylic acids is 1. The zero-order chi connectivity index (χ0) is 19.2. The second-order valence-electron chi connectivity index (χ2n) is 6.02. The molecule has 3 aromatic rings. The summed E-state index contributed by atoms with van der Waals surface area (Å²) in [4.78, 5) is 11.4. The highest BCUT2D eigenvalue weighted by Gasteiger charge is 2.13. The first kappa shape index (κ1) is 18.5. The van der Waals surface area contributed by atoms with Gasteiger partial charge in [-0.2, -0.15) is 0 Å². The second kappa shape index (κ2) is 8.43. The van der Waals surface area contributed by atoms with Gasteiger partial charge in [0, 0.05) is 11.6 Å². The Hall–Kier alpha value is -3.24. The first-order valence-corrected chi connectivity index (χ1v) is 8.49. The molecule has 0 saturated heterocycles. The monoisotopic (exact) mass is 362 g/mol. The van der Waals surface area contributed by atoms with Gasteiger partial charge < -0.3 is 9.84 Å². The molecule has 0 aliphatic heterocycles. The lowest BCUT2D eigenvalue weighted by molar-refractivity contribution is -0.138. The van der Waals surface area contributed by atoms with Gasteiger partial charge in [0.1, 0.15) is 12.4 Å². The van der Waals surface area contributed by atoms with Crippen LogP contribution in [0, 0.1) is 5.82 Å². The number of hydrogen-bond donors (Lipinski definition) is 1. The van der Waals surface area contributed by atoms with Crippen LogP contribution in [0.3, 0.4) is 0 Å². The summed E-state index contributed by atoms with van der Waals surface area (Å²) in [6.07, 6.45) is 1.07. The number of carbonyl (C=O) groups is 1. The third kappa shape index (κ3) is 4.30. The van der Waals surface area contributed by atoms with Gasteiger partial charge in [-0.15, -0.1) is 0 Å². The molecule has 3 rings (SSSR count). The van der Waals surface area contributed by atoms with E-state index in [0.29, 0.717) is 22.3 Å². The van der Waals surface area contributed by atoms with Gasteiger partial charge in [0.2, 0.25) is 0 Å². The summed E-state index contributed by atoms with van der Waals surface area (Å²) in [5, 5.41) is 9.37. The molecule has 0 fully saturated rings. The van der Waals surface area contributed by atoms with E-state index in [0.717, 1.165) is 17.2 Å². The Labute approximate surface area is 157 Å². The molecule has 0 aromatic heterocycles. The fourth-order valence-electron chi connectivity index (χ4n) is 2.88. The van der Waals surface area contributed by atoms with Crippen molar-refractivity contribution in [1.82, 2.24) is 0 Å². The molecule has 0 bridgehead atoms. The molecular formula is C23H19FO3. The number of benzene rings is 3. The van der Waals surface area contributed by atoms with Crippen molar-refractivity contribution in [3.8, 4) is 22.3 Å². The summed E-state index contributed by atoms with van der Waals surface area (Å²) in [6, 6.07) is 19.8. The average Bonchev–Trinajstić information content (AvgIpc) is 2.72. The third-order valence-electron chi connectivity index (χ3n) is 4.26. The van der Waals surface area contributed by atoms with E-state index < -0.39 is 5.97 Å². The highest BCUT2D eigenvalue weighted by molar-refractivity contribution is 5.81. The lowest BCUT2D eigenvalue weighted by atomic mass is 9.95. The predicted molar refractivity (Wildman–Crippen MR) is 103 cm³/mol. The van der Waals surface area contributed by atoms with E-state index in [9.17, 15) is 14.3 Å². The van der Waals surface area contributed by atoms with Gasteiger partial charge in [-0.1, -0.05) is 61.2 Å². The van der Waals surface area contributed by atoms with Crippen molar-refractivity contribution in [1.29, 1.82) is 0 Å². The molecule has 0 atom stereocenters. The number of halogens is 1. The van der Waals surface area contributed by atoms with Crippen molar-refractivity contribution in [2.45, 2.75) is 13.2 Å². The maximum atomic E-state index is 14.9. The van der Waals surface area contributed by atoms with E-state index in [4.69, 9.17) is 4.74 Å². The van der Waals surface area contributed by atoms with Crippen LogP contribution in [0.2, 0.25) is 0 Å². The summed E-state index contributed by atoms with van der Waals surface area (Å²) in [7, 11) is 0. The molecule has 3 aromatic carbocycles. The van der Waals surface area contributed by atoms with Crippen LogP contribution in [0.4, 0.5) is 4.39 Å². The number of aliphatic hydroxyl groups excluding tert-OH is 1. The number of hydrogen-bond acceptors (Lipinski definition) is 3. The minimum Gasteiger partial charge on any atom is -0.458 e. The van der Waals surface area contributed by atoms with Gasteiger partial charge >= 0.3 is 5.97 Å². The molecule has 0 aliphatic carbocycles. The summed E-state index contributed by atoms with van der Waals surface area (Å²) in [6.45, 7) is 3.18. The lowest BCUT2D eigenvalue weighted by Crippen LogP contribution is -2.03. The van der Waals surface area contributed by atoms with Crippen molar-refractivity contribution < 1.29 is 19.0 Å². The van der Waals surface area contributed by atoms with E-state index >= 15 is 0 Å². The minimum atomic E-state index is -0.560. The number of ether oxygens (including phenoxy) is 1. The van der Waals surface area contributed by atoms with Crippen LogP contribution in [0.15, 0.2) is 79.4 Å². The lowest BCUT2D eigenvalue weighted by Gasteiger charge is -2.13. The summed E-state index contributed by atoms with van der Waals surface area (Å²) >= 11 is 0. The Kier molecular flexibility index (Phi) is 5.79. The third-order valence-corrected chi connectivity index (χ3v) is 4.26. The SMILES string of the molecule is C=CC(=O)OCc1cc(CO)ccc1-c1ccc(-c2ccccc2)cc1F. The average molecular weight is 362 g/mol. The minimum absolute atomic E-state index is 0.0338.